The highest BCUT2D eigenvalue weighted by atomic mass is 16.1. The number of fused-ring (bicyclic) bond motifs is 1. The van der Waals surface area contributed by atoms with Gasteiger partial charge in [0, 0.05) is 35.0 Å². The summed E-state index contributed by atoms with van der Waals surface area (Å²) in [4.78, 5) is 15.4. The van der Waals surface area contributed by atoms with Gasteiger partial charge in [0.2, 0.25) is 0 Å². The van der Waals surface area contributed by atoms with Gasteiger partial charge in [-0.3, -0.25) is 4.79 Å². The summed E-state index contributed by atoms with van der Waals surface area (Å²) in [7, 11) is 0. The molecule has 1 atom stereocenters. The van der Waals surface area contributed by atoms with Crippen molar-refractivity contribution in [2.75, 3.05) is 13.1 Å². The summed E-state index contributed by atoms with van der Waals surface area (Å²) in [5.74, 6) is 6.89. The Labute approximate surface area is 142 Å². The number of rotatable bonds is 6. The fourth-order valence-corrected chi connectivity index (χ4v) is 2.54. The van der Waals surface area contributed by atoms with Gasteiger partial charge in [-0.2, -0.15) is 0 Å². The lowest BCUT2D eigenvalue weighted by Crippen LogP contribution is -2.37. The topological polar surface area (TPSA) is 96.9 Å². The normalized spacial score (nSPS) is 14.9. The van der Waals surface area contributed by atoms with Gasteiger partial charge in [0.1, 0.15) is 5.69 Å². The van der Waals surface area contributed by atoms with Gasteiger partial charge >= 0.3 is 0 Å². The average Bonchev–Trinajstić information content (AvgIpc) is 3.32. The molecule has 0 radical (unpaired) electrons. The highest BCUT2D eigenvalue weighted by Gasteiger charge is 2.17. The van der Waals surface area contributed by atoms with Crippen LogP contribution in [-0.2, 0) is 0 Å². The number of amides is 1. The molecule has 1 fully saturated rings. The zero-order valence-corrected chi connectivity index (χ0v) is 13.8. The van der Waals surface area contributed by atoms with E-state index in [9.17, 15) is 4.79 Å². The molecule has 2 aromatic rings. The van der Waals surface area contributed by atoms with E-state index in [1.54, 1.807) is 0 Å². The third-order valence-corrected chi connectivity index (χ3v) is 4.17. The maximum Gasteiger partial charge on any atom is 0.267 e. The third kappa shape index (κ3) is 4.38. The monoisotopic (exact) mass is 324 g/mol. The zero-order chi connectivity index (χ0) is 16.9. The quantitative estimate of drug-likeness (QED) is 0.609. The lowest BCUT2D eigenvalue weighted by molar-refractivity contribution is 0.0946. The molecule has 1 saturated carbocycles. The molecule has 0 saturated heterocycles. The molecule has 1 heterocycles. The summed E-state index contributed by atoms with van der Waals surface area (Å²) in [6.45, 7) is 1.07. The highest BCUT2D eigenvalue weighted by Crippen LogP contribution is 2.27. The minimum absolute atomic E-state index is 0.0637. The SMILES string of the molecule is NCCCC(N)CNC(=O)c1cc2ccc(C#CC3CC3)cc2[nH]1. The Morgan fingerprint density at radius 3 is 2.96 bits per heavy atom. The molecular weight excluding hydrogens is 300 g/mol. The fraction of sp³-hybridized carbons (Fsp3) is 0.421. The minimum Gasteiger partial charge on any atom is -0.350 e. The van der Waals surface area contributed by atoms with Crippen LogP contribution in [0.5, 0.6) is 0 Å². The van der Waals surface area contributed by atoms with E-state index in [-0.39, 0.29) is 11.9 Å². The predicted molar refractivity (Wildman–Crippen MR) is 96.5 cm³/mol. The van der Waals surface area contributed by atoms with Crippen molar-refractivity contribution in [3.63, 3.8) is 0 Å². The van der Waals surface area contributed by atoms with Gasteiger partial charge < -0.3 is 21.8 Å². The Morgan fingerprint density at radius 2 is 2.21 bits per heavy atom. The number of hydrogen-bond acceptors (Lipinski definition) is 3. The van der Waals surface area contributed by atoms with Gasteiger partial charge in [-0.25, -0.2) is 0 Å². The van der Waals surface area contributed by atoms with Crippen LogP contribution in [0.4, 0.5) is 0 Å². The Hall–Kier alpha value is -2.29. The Morgan fingerprint density at radius 1 is 1.38 bits per heavy atom. The van der Waals surface area contributed by atoms with Crippen LogP contribution in [0, 0.1) is 17.8 Å². The summed E-state index contributed by atoms with van der Waals surface area (Å²) in [5.41, 5.74) is 13.9. The lowest BCUT2D eigenvalue weighted by Gasteiger charge is -2.11. The van der Waals surface area contributed by atoms with Crippen molar-refractivity contribution in [3.8, 4) is 11.8 Å². The lowest BCUT2D eigenvalue weighted by atomic mass is 10.1. The van der Waals surface area contributed by atoms with Crippen LogP contribution < -0.4 is 16.8 Å². The largest absolute Gasteiger partial charge is 0.350 e. The molecule has 0 spiro atoms. The van der Waals surface area contributed by atoms with E-state index in [4.69, 9.17) is 11.5 Å². The molecule has 1 aromatic carbocycles. The van der Waals surface area contributed by atoms with E-state index in [1.807, 2.05) is 24.3 Å². The molecular formula is C19H24N4O. The summed E-state index contributed by atoms with van der Waals surface area (Å²) < 4.78 is 0. The second-order valence-corrected chi connectivity index (χ2v) is 6.43. The summed E-state index contributed by atoms with van der Waals surface area (Å²) in [6, 6.07) is 7.77. The molecule has 1 aliphatic carbocycles. The van der Waals surface area contributed by atoms with Crippen LogP contribution in [0.2, 0.25) is 0 Å². The summed E-state index contributed by atoms with van der Waals surface area (Å²) >= 11 is 0. The summed E-state index contributed by atoms with van der Waals surface area (Å²) in [5, 5.41) is 3.87. The molecule has 1 aromatic heterocycles. The second-order valence-electron chi connectivity index (χ2n) is 6.43. The molecule has 3 rings (SSSR count). The van der Waals surface area contributed by atoms with E-state index >= 15 is 0 Å². The molecule has 5 nitrogen and oxygen atoms in total. The first-order valence-corrected chi connectivity index (χ1v) is 8.54. The maximum atomic E-state index is 12.3. The number of H-pyrrole nitrogens is 1. The van der Waals surface area contributed by atoms with Crippen LogP contribution in [-0.4, -0.2) is 30.0 Å². The van der Waals surface area contributed by atoms with Crippen LogP contribution in [0.1, 0.15) is 41.7 Å². The van der Waals surface area contributed by atoms with Gasteiger partial charge in [-0.1, -0.05) is 17.9 Å². The third-order valence-electron chi connectivity index (χ3n) is 4.17. The predicted octanol–water partition coefficient (Wildman–Crippen LogP) is 1.73. The number of aromatic amines is 1. The Balaban J connectivity index is 1.64. The number of nitrogens with two attached hydrogens (primary N) is 2. The van der Waals surface area contributed by atoms with Crippen molar-refractivity contribution in [3.05, 3.63) is 35.5 Å². The average molecular weight is 324 g/mol. The van der Waals surface area contributed by atoms with Crippen molar-refractivity contribution >= 4 is 16.8 Å². The fourth-order valence-electron chi connectivity index (χ4n) is 2.54. The highest BCUT2D eigenvalue weighted by molar-refractivity contribution is 5.98. The van der Waals surface area contributed by atoms with Crippen LogP contribution in [0.25, 0.3) is 10.9 Å². The first-order valence-electron chi connectivity index (χ1n) is 8.54. The van der Waals surface area contributed by atoms with E-state index < -0.39 is 0 Å². The van der Waals surface area contributed by atoms with Crippen molar-refractivity contribution in [2.24, 2.45) is 17.4 Å². The standard InChI is InChI=1S/C19H24N4O/c20-9-1-2-16(21)12-22-19(24)18-11-15-8-7-14(10-17(15)23-18)6-5-13-3-4-13/h7-8,10-11,13,16,23H,1-4,9,12,20-21H2,(H,22,24). The van der Waals surface area contributed by atoms with Gasteiger partial charge in [0.15, 0.2) is 0 Å². The first kappa shape index (κ1) is 16.6. The molecule has 0 aliphatic heterocycles. The van der Waals surface area contributed by atoms with Crippen LogP contribution in [0.15, 0.2) is 24.3 Å². The van der Waals surface area contributed by atoms with Crippen molar-refractivity contribution in [2.45, 2.75) is 31.7 Å². The number of carbonyl (C=O) groups excluding carboxylic acids is 1. The van der Waals surface area contributed by atoms with Gasteiger partial charge in [-0.15, -0.1) is 0 Å². The number of hydrogen-bond donors (Lipinski definition) is 4. The molecule has 126 valence electrons. The molecule has 1 aliphatic rings. The first-order chi connectivity index (χ1) is 11.7. The van der Waals surface area contributed by atoms with Crippen LogP contribution >= 0.6 is 0 Å². The Bertz CT molecular complexity index is 779. The van der Waals surface area contributed by atoms with Crippen molar-refractivity contribution < 1.29 is 4.79 Å². The Kier molecular flexibility index (Phi) is 5.19. The van der Waals surface area contributed by atoms with Gasteiger partial charge in [0.05, 0.1) is 0 Å². The molecule has 24 heavy (non-hydrogen) atoms. The van der Waals surface area contributed by atoms with E-state index in [1.165, 1.54) is 12.8 Å². The molecule has 6 N–H and O–H groups in total. The van der Waals surface area contributed by atoms with E-state index in [0.717, 1.165) is 29.3 Å². The smallest absolute Gasteiger partial charge is 0.267 e. The molecule has 1 unspecified atom stereocenters. The minimum atomic E-state index is -0.139. The summed E-state index contributed by atoms with van der Waals surface area (Å²) in [6.07, 6.45) is 4.12. The van der Waals surface area contributed by atoms with E-state index in [2.05, 4.69) is 22.1 Å². The molecule has 5 heteroatoms. The van der Waals surface area contributed by atoms with Crippen molar-refractivity contribution in [1.29, 1.82) is 0 Å². The molecule has 1 amide bonds. The number of benzene rings is 1. The number of carbonyl (C=O) groups is 1. The van der Waals surface area contributed by atoms with Crippen LogP contribution in [0.3, 0.4) is 0 Å². The van der Waals surface area contributed by atoms with E-state index in [0.29, 0.717) is 24.7 Å². The second kappa shape index (κ2) is 7.52. The number of nitrogens with one attached hydrogen (secondary N) is 2. The van der Waals surface area contributed by atoms with Crippen molar-refractivity contribution in [1.82, 2.24) is 10.3 Å². The van der Waals surface area contributed by atoms with Gasteiger partial charge in [-0.05, 0) is 50.4 Å². The van der Waals surface area contributed by atoms with Gasteiger partial charge in [0.25, 0.3) is 5.91 Å². The number of aromatic nitrogens is 1. The zero-order valence-electron chi connectivity index (χ0n) is 13.8. The maximum absolute atomic E-state index is 12.3. The molecule has 0 bridgehead atoms.